The van der Waals surface area contributed by atoms with Crippen molar-refractivity contribution >= 4 is 17.7 Å². The molecule has 0 aromatic heterocycles. The van der Waals surface area contributed by atoms with Gasteiger partial charge in [-0.05, 0) is 56.9 Å². The number of benzene rings is 1. The van der Waals surface area contributed by atoms with Gasteiger partial charge in [0.05, 0.1) is 17.9 Å². The maximum atomic E-state index is 13.9. The van der Waals surface area contributed by atoms with E-state index in [0.29, 0.717) is 38.8 Å². The fraction of sp³-hybridized carbons (Fsp3) is 0.690. The summed E-state index contributed by atoms with van der Waals surface area (Å²) in [5.41, 5.74) is -0.491. The fourth-order valence-corrected chi connectivity index (χ4v) is 7.06. The number of nitrogens with zero attached hydrogens (tertiary/aromatic N) is 1. The Balaban J connectivity index is 1.58. The van der Waals surface area contributed by atoms with Crippen molar-refractivity contribution in [3.63, 3.8) is 0 Å². The SMILES string of the molecule is CC(C)(C)CC(C)(C)NC(=O)C1N(CCCCO)C(=O)[C@@H]2[C@H](C(=O)NCc3ccccc3)[C@@H]3CCC12O3. The van der Waals surface area contributed by atoms with Crippen LogP contribution in [0.1, 0.15) is 72.3 Å². The lowest BCUT2D eigenvalue weighted by Crippen LogP contribution is -2.59. The summed E-state index contributed by atoms with van der Waals surface area (Å²) >= 11 is 0. The number of amides is 3. The number of rotatable bonds is 10. The van der Waals surface area contributed by atoms with Gasteiger partial charge in [-0.15, -0.1) is 0 Å². The molecular formula is C29H43N3O5. The first-order valence-corrected chi connectivity index (χ1v) is 13.6. The van der Waals surface area contributed by atoms with E-state index in [1.165, 1.54) is 0 Å². The van der Waals surface area contributed by atoms with Gasteiger partial charge < -0.3 is 25.4 Å². The largest absolute Gasteiger partial charge is 0.396 e. The highest BCUT2D eigenvalue weighted by atomic mass is 16.5. The summed E-state index contributed by atoms with van der Waals surface area (Å²) in [6.45, 7) is 11.2. The first-order chi connectivity index (χ1) is 17.4. The fourth-order valence-electron chi connectivity index (χ4n) is 7.06. The Morgan fingerprint density at radius 2 is 1.81 bits per heavy atom. The minimum absolute atomic E-state index is 0.00809. The van der Waals surface area contributed by atoms with E-state index in [9.17, 15) is 19.5 Å². The molecule has 0 radical (unpaired) electrons. The van der Waals surface area contributed by atoms with E-state index >= 15 is 0 Å². The normalized spacial score (nSPS) is 28.9. The predicted octanol–water partition coefficient (Wildman–Crippen LogP) is 2.78. The number of unbranched alkanes of at least 4 members (excludes halogenated alkanes) is 1. The van der Waals surface area contributed by atoms with Crippen molar-refractivity contribution in [3.05, 3.63) is 35.9 Å². The quantitative estimate of drug-likeness (QED) is 0.417. The Hall–Kier alpha value is -2.45. The van der Waals surface area contributed by atoms with E-state index in [4.69, 9.17) is 4.74 Å². The van der Waals surface area contributed by atoms with Crippen LogP contribution in [0, 0.1) is 17.3 Å². The third-order valence-electron chi connectivity index (χ3n) is 7.90. The average Bonchev–Trinajstić information content (AvgIpc) is 3.44. The highest BCUT2D eigenvalue weighted by Gasteiger charge is 2.74. The van der Waals surface area contributed by atoms with E-state index in [1.807, 2.05) is 44.2 Å². The average molecular weight is 514 g/mol. The van der Waals surface area contributed by atoms with Crippen molar-refractivity contribution in [2.24, 2.45) is 17.3 Å². The Morgan fingerprint density at radius 1 is 1.11 bits per heavy atom. The van der Waals surface area contributed by atoms with Crippen molar-refractivity contribution in [1.29, 1.82) is 0 Å². The smallest absolute Gasteiger partial charge is 0.246 e. The molecule has 3 saturated heterocycles. The summed E-state index contributed by atoms with van der Waals surface area (Å²) in [6.07, 6.45) is 2.73. The third-order valence-corrected chi connectivity index (χ3v) is 7.90. The van der Waals surface area contributed by atoms with Crippen LogP contribution in [0.5, 0.6) is 0 Å². The van der Waals surface area contributed by atoms with Crippen LogP contribution in [0.2, 0.25) is 0 Å². The van der Waals surface area contributed by atoms with Crippen LogP contribution in [0.3, 0.4) is 0 Å². The van der Waals surface area contributed by atoms with Gasteiger partial charge in [0.15, 0.2) is 0 Å². The predicted molar refractivity (Wildman–Crippen MR) is 140 cm³/mol. The lowest BCUT2D eigenvalue weighted by Gasteiger charge is -2.38. The molecule has 0 aliphatic carbocycles. The summed E-state index contributed by atoms with van der Waals surface area (Å²) in [5, 5.41) is 15.5. The molecule has 3 aliphatic rings. The number of likely N-dealkylation sites (tertiary alicyclic amines) is 1. The summed E-state index contributed by atoms with van der Waals surface area (Å²) < 4.78 is 6.49. The second-order valence-electron chi connectivity index (χ2n) is 12.8. The summed E-state index contributed by atoms with van der Waals surface area (Å²) in [6, 6.07) is 8.87. The maximum absolute atomic E-state index is 13.9. The van der Waals surface area contributed by atoms with Crippen LogP contribution in [0.15, 0.2) is 30.3 Å². The molecule has 37 heavy (non-hydrogen) atoms. The molecule has 4 rings (SSSR count). The number of aliphatic hydroxyl groups is 1. The number of aliphatic hydroxyl groups excluding tert-OH is 1. The molecule has 2 bridgehead atoms. The van der Waals surface area contributed by atoms with Crippen LogP contribution in [0.25, 0.3) is 0 Å². The number of carbonyl (C=O) groups excluding carboxylic acids is 3. The molecule has 8 nitrogen and oxygen atoms in total. The first-order valence-electron chi connectivity index (χ1n) is 13.6. The molecule has 3 amide bonds. The molecular weight excluding hydrogens is 470 g/mol. The second kappa shape index (κ2) is 10.4. The van der Waals surface area contributed by atoms with Crippen molar-refractivity contribution in [2.75, 3.05) is 13.2 Å². The first kappa shape index (κ1) is 27.6. The number of hydrogen-bond donors (Lipinski definition) is 3. The molecule has 3 aliphatic heterocycles. The zero-order valence-corrected chi connectivity index (χ0v) is 22.9. The zero-order valence-electron chi connectivity index (χ0n) is 22.9. The van der Waals surface area contributed by atoms with E-state index in [2.05, 4.69) is 31.4 Å². The molecule has 2 unspecified atom stereocenters. The van der Waals surface area contributed by atoms with E-state index in [1.54, 1.807) is 4.90 Å². The van der Waals surface area contributed by atoms with Gasteiger partial charge in [0.1, 0.15) is 11.6 Å². The van der Waals surface area contributed by atoms with Gasteiger partial charge in [0, 0.05) is 25.2 Å². The lowest BCUT2D eigenvalue weighted by molar-refractivity contribution is -0.143. The lowest BCUT2D eigenvalue weighted by atomic mass is 9.70. The highest BCUT2D eigenvalue weighted by molar-refractivity contribution is 5.99. The van der Waals surface area contributed by atoms with Crippen LogP contribution in [0.4, 0.5) is 0 Å². The van der Waals surface area contributed by atoms with Gasteiger partial charge in [-0.2, -0.15) is 0 Å². The Bertz CT molecular complexity index is 1000. The topological polar surface area (TPSA) is 108 Å². The van der Waals surface area contributed by atoms with Crippen molar-refractivity contribution < 1.29 is 24.2 Å². The molecule has 0 saturated carbocycles. The van der Waals surface area contributed by atoms with Crippen LogP contribution in [-0.4, -0.2) is 64.2 Å². The van der Waals surface area contributed by atoms with Crippen molar-refractivity contribution in [2.45, 2.75) is 96.6 Å². The van der Waals surface area contributed by atoms with Gasteiger partial charge in [-0.1, -0.05) is 51.1 Å². The number of hydrogen-bond acceptors (Lipinski definition) is 5. The van der Waals surface area contributed by atoms with Gasteiger partial charge >= 0.3 is 0 Å². The van der Waals surface area contributed by atoms with Crippen LogP contribution >= 0.6 is 0 Å². The summed E-state index contributed by atoms with van der Waals surface area (Å²) in [5.74, 6) is -1.91. The third kappa shape index (κ3) is 5.55. The van der Waals surface area contributed by atoms with E-state index < -0.39 is 29.0 Å². The zero-order chi connectivity index (χ0) is 27.0. The standard InChI is InChI=1S/C29H43N3O5/c1-27(2,3)18-28(4,5)31-25(35)23-29-14-13-20(37-29)21(22(29)26(36)32(23)15-9-10-16-33)24(34)30-17-19-11-7-6-8-12-19/h6-8,11-12,20-23,33H,9-10,13-18H2,1-5H3,(H,30,34)(H,31,35)/t20-,21+,22-,23?,29?/m0/s1. The molecule has 3 heterocycles. The van der Waals surface area contributed by atoms with E-state index in [-0.39, 0.29) is 35.8 Å². The van der Waals surface area contributed by atoms with Crippen molar-refractivity contribution in [3.8, 4) is 0 Å². The second-order valence-corrected chi connectivity index (χ2v) is 12.8. The minimum Gasteiger partial charge on any atom is -0.396 e. The van der Waals surface area contributed by atoms with Crippen LogP contribution in [-0.2, 0) is 25.7 Å². The monoisotopic (exact) mass is 513 g/mol. The van der Waals surface area contributed by atoms with Crippen molar-refractivity contribution in [1.82, 2.24) is 15.5 Å². The highest BCUT2D eigenvalue weighted by Crippen LogP contribution is 2.58. The molecule has 5 atom stereocenters. The molecule has 3 N–H and O–H groups in total. The van der Waals surface area contributed by atoms with Gasteiger partial charge in [-0.3, -0.25) is 14.4 Å². The molecule has 1 aromatic carbocycles. The molecule has 8 heteroatoms. The maximum Gasteiger partial charge on any atom is 0.246 e. The number of ether oxygens (including phenoxy) is 1. The van der Waals surface area contributed by atoms with Gasteiger partial charge in [0.2, 0.25) is 17.7 Å². The number of fused-ring (bicyclic) bond motifs is 1. The number of nitrogens with one attached hydrogen (secondary N) is 2. The summed E-state index contributed by atoms with van der Waals surface area (Å²) in [7, 11) is 0. The van der Waals surface area contributed by atoms with Gasteiger partial charge in [0.25, 0.3) is 0 Å². The molecule has 1 aromatic rings. The number of carbonyl (C=O) groups is 3. The Kier molecular flexibility index (Phi) is 7.73. The minimum atomic E-state index is -1.00. The molecule has 3 fully saturated rings. The molecule has 1 spiro atoms. The van der Waals surface area contributed by atoms with Gasteiger partial charge in [-0.25, -0.2) is 0 Å². The molecule has 204 valence electrons. The van der Waals surface area contributed by atoms with Crippen LogP contribution < -0.4 is 10.6 Å². The Morgan fingerprint density at radius 3 is 2.46 bits per heavy atom. The summed E-state index contributed by atoms with van der Waals surface area (Å²) in [4.78, 5) is 42.9. The van der Waals surface area contributed by atoms with E-state index in [0.717, 1.165) is 12.0 Å². The Labute approximate surface area is 220 Å².